The highest BCUT2D eigenvalue weighted by Gasteiger charge is 2.18. The van der Waals surface area contributed by atoms with E-state index in [2.05, 4.69) is 19.2 Å². The maximum Gasteiger partial charge on any atom is 0.407 e. The smallest absolute Gasteiger partial charge is 0.407 e. The molecule has 0 aromatic heterocycles. The zero-order valence-corrected chi connectivity index (χ0v) is 11.6. The van der Waals surface area contributed by atoms with Gasteiger partial charge in [0.05, 0.1) is 0 Å². The van der Waals surface area contributed by atoms with Crippen molar-refractivity contribution in [3.8, 4) is 0 Å². The molecule has 0 aliphatic rings. The Hall–Kier alpha value is -0.730. The molecular formula is C13H27NO2. The number of amides is 1. The number of rotatable bonds is 5. The van der Waals surface area contributed by atoms with E-state index < -0.39 is 5.60 Å². The van der Waals surface area contributed by atoms with E-state index >= 15 is 0 Å². The van der Waals surface area contributed by atoms with Crippen LogP contribution in [-0.2, 0) is 4.74 Å². The van der Waals surface area contributed by atoms with Crippen LogP contribution in [0, 0.1) is 5.92 Å². The monoisotopic (exact) mass is 229 g/mol. The van der Waals surface area contributed by atoms with Crippen molar-refractivity contribution >= 4 is 6.09 Å². The standard InChI is InChI=1S/C13H27NO2/c1-7-8-10(2)9-11(3)14-12(15)16-13(4,5)6/h10-11H,7-9H2,1-6H3,(H,14,15). The Morgan fingerprint density at radius 1 is 1.31 bits per heavy atom. The normalized spacial score (nSPS) is 15.4. The van der Waals surface area contributed by atoms with Crippen molar-refractivity contribution in [3.05, 3.63) is 0 Å². The van der Waals surface area contributed by atoms with Crippen molar-refractivity contribution in [1.82, 2.24) is 5.32 Å². The van der Waals surface area contributed by atoms with Gasteiger partial charge in [-0.05, 0) is 40.0 Å². The summed E-state index contributed by atoms with van der Waals surface area (Å²) in [6.07, 6.45) is 3.09. The lowest BCUT2D eigenvalue weighted by molar-refractivity contribution is 0.0502. The molecule has 0 aromatic rings. The Bertz CT molecular complexity index is 208. The van der Waals surface area contributed by atoms with Crippen molar-refractivity contribution in [2.24, 2.45) is 5.92 Å². The number of ether oxygens (including phenoxy) is 1. The molecule has 3 nitrogen and oxygen atoms in total. The average Bonchev–Trinajstić information content (AvgIpc) is 1.98. The van der Waals surface area contributed by atoms with E-state index in [0.29, 0.717) is 5.92 Å². The Balaban J connectivity index is 3.87. The number of hydrogen-bond donors (Lipinski definition) is 1. The van der Waals surface area contributed by atoms with E-state index in [0.717, 1.165) is 6.42 Å². The van der Waals surface area contributed by atoms with Gasteiger partial charge >= 0.3 is 6.09 Å². The van der Waals surface area contributed by atoms with E-state index in [-0.39, 0.29) is 12.1 Å². The molecule has 2 unspecified atom stereocenters. The van der Waals surface area contributed by atoms with E-state index in [1.165, 1.54) is 12.8 Å². The van der Waals surface area contributed by atoms with E-state index in [1.54, 1.807) is 0 Å². The van der Waals surface area contributed by atoms with Crippen LogP contribution < -0.4 is 5.32 Å². The van der Waals surface area contributed by atoms with Gasteiger partial charge < -0.3 is 10.1 Å². The predicted octanol–water partition coefficient (Wildman–Crippen LogP) is 3.73. The van der Waals surface area contributed by atoms with Crippen molar-refractivity contribution in [3.63, 3.8) is 0 Å². The summed E-state index contributed by atoms with van der Waals surface area (Å²) < 4.78 is 5.20. The lowest BCUT2D eigenvalue weighted by atomic mass is 9.98. The predicted molar refractivity (Wildman–Crippen MR) is 67.5 cm³/mol. The van der Waals surface area contributed by atoms with Gasteiger partial charge in [0, 0.05) is 6.04 Å². The summed E-state index contributed by atoms with van der Waals surface area (Å²) in [6.45, 7) is 12.0. The molecular weight excluding hydrogens is 202 g/mol. The molecule has 0 saturated heterocycles. The van der Waals surface area contributed by atoms with Crippen LogP contribution >= 0.6 is 0 Å². The average molecular weight is 229 g/mol. The second-order valence-corrected chi connectivity index (χ2v) is 5.68. The SMILES string of the molecule is CCCC(C)CC(C)NC(=O)OC(C)(C)C. The highest BCUT2D eigenvalue weighted by molar-refractivity contribution is 5.67. The minimum absolute atomic E-state index is 0.177. The van der Waals surface area contributed by atoms with Gasteiger partial charge in [-0.2, -0.15) is 0 Å². The molecule has 0 fully saturated rings. The van der Waals surface area contributed by atoms with Crippen LogP contribution in [0.15, 0.2) is 0 Å². The molecule has 0 heterocycles. The first-order valence-electron chi connectivity index (χ1n) is 6.24. The number of hydrogen-bond acceptors (Lipinski definition) is 2. The minimum Gasteiger partial charge on any atom is -0.444 e. The molecule has 3 heteroatoms. The van der Waals surface area contributed by atoms with E-state index in [4.69, 9.17) is 4.74 Å². The van der Waals surface area contributed by atoms with Crippen LogP contribution in [-0.4, -0.2) is 17.7 Å². The third-order valence-corrected chi connectivity index (χ3v) is 2.30. The molecule has 0 rings (SSSR count). The fourth-order valence-corrected chi connectivity index (χ4v) is 1.78. The Kier molecular flexibility index (Phi) is 6.46. The van der Waals surface area contributed by atoms with Gasteiger partial charge in [0.15, 0.2) is 0 Å². The molecule has 0 radical (unpaired) electrons. The molecule has 16 heavy (non-hydrogen) atoms. The van der Waals surface area contributed by atoms with Gasteiger partial charge in [-0.3, -0.25) is 0 Å². The first kappa shape index (κ1) is 15.3. The van der Waals surface area contributed by atoms with Crippen molar-refractivity contribution in [2.45, 2.75) is 72.4 Å². The molecule has 0 aliphatic carbocycles. The summed E-state index contributed by atoms with van der Waals surface area (Å²) in [5.41, 5.74) is -0.418. The Morgan fingerprint density at radius 2 is 1.88 bits per heavy atom. The Labute approximate surface area is 99.9 Å². The van der Waals surface area contributed by atoms with Crippen LogP contribution in [0.2, 0.25) is 0 Å². The third-order valence-electron chi connectivity index (χ3n) is 2.30. The van der Waals surface area contributed by atoms with Crippen LogP contribution in [0.1, 0.15) is 60.8 Å². The second-order valence-electron chi connectivity index (χ2n) is 5.68. The fraction of sp³-hybridized carbons (Fsp3) is 0.923. The lowest BCUT2D eigenvalue weighted by Crippen LogP contribution is -2.38. The first-order valence-corrected chi connectivity index (χ1v) is 6.24. The highest BCUT2D eigenvalue weighted by Crippen LogP contribution is 2.13. The Morgan fingerprint density at radius 3 is 2.31 bits per heavy atom. The summed E-state index contributed by atoms with van der Waals surface area (Å²) in [5.74, 6) is 0.648. The van der Waals surface area contributed by atoms with Gasteiger partial charge in [-0.1, -0.05) is 26.7 Å². The van der Waals surface area contributed by atoms with Gasteiger partial charge in [0.25, 0.3) is 0 Å². The summed E-state index contributed by atoms with van der Waals surface area (Å²) in [4.78, 5) is 11.5. The van der Waals surface area contributed by atoms with E-state index in [9.17, 15) is 4.79 Å². The summed E-state index contributed by atoms with van der Waals surface area (Å²) in [7, 11) is 0. The summed E-state index contributed by atoms with van der Waals surface area (Å²) in [5, 5.41) is 2.86. The fourth-order valence-electron chi connectivity index (χ4n) is 1.78. The number of carbonyl (C=O) groups excluding carboxylic acids is 1. The second kappa shape index (κ2) is 6.77. The van der Waals surface area contributed by atoms with Crippen LogP contribution in [0.3, 0.4) is 0 Å². The molecule has 0 bridgehead atoms. The largest absolute Gasteiger partial charge is 0.444 e. The first-order chi connectivity index (χ1) is 7.24. The van der Waals surface area contributed by atoms with E-state index in [1.807, 2.05) is 27.7 Å². The molecule has 0 aliphatic heterocycles. The molecule has 1 amide bonds. The van der Waals surface area contributed by atoms with Crippen LogP contribution in [0.4, 0.5) is 4.79 Å². The van der Waals surface area contributed by atoms with Crippen molar-refractivity contribution < 1.29 is 9.53 Å². The van der Waals surface area contributed by atoms with Gasteiger partial charge in [-0.15, -0.1) is 0 Å². The molecule has 0 spiro atoms. The van der Waals surface area contributed by atoms with Gasteiger partial charge in [0.2, 0.25) is 0 Å². The topological polar surface area (TPSA) is 38.3 Å². The number of carbonyl (C=O) groups is 1. The summed E-state index contributed by atoms with van der Waals surface area (Å²) >= 11 is 0. The lowest BCUT2D eigenvalue weighted by Gasteiger charge is -2.23. The van der Waals surface area contributed by atoms with Crippen molar-refractivity contribution in [1.29, 1.82) is 0 Å². The van der Waals surface area contributed by atoms with Crippen molar-refractivity contribution in [2.75, 3.05) is 0 Å². The highest BCUT2D eigenvalue weighted by atomic mass is 16.6. The molecule has 0 saturated carbocycles. The molecule has 96 valence electrons. The van der Waals surface area contributed by atoms with Crippen LogP contribution in [0.5, 0.6) is 0 Å². The van der Waals surface area contributed by atoms with Crippen LogP contribution in [0.25, 0.3) is 0 Å². The number of nitrogens with one attached hydrogen (secondary N) is 1. The zero-order valence-electron chi connectivity index (χ0n) is 11.6. The molecule has 2 atom stereocenters. The number of alkyl carbamates (subject to hydrolysis) is 1. The molecule has 1 N–H and O–H groups in total. The van der Waals surface area contributed by atoms with Gasteiger partial charge in [-0.25, -0.2) is 4.79 Å². The zero-order chi connectivity index (χ0) is 12.8. The summed E-state index contributed by atoms with van der Waals surface area (Å²) in [6, 6.07) is 0.177. The maximum atomic E-state index is 11.5. The maximum absolute atomic E-state index is 11.5. The van der Waals surface area contributed by atoms with Gasteiger partial charge in [0.1, 0.15) is 5.60 Å². The minimum atomic E-state index is -0.418. The third kappa shape index (κ3) is 8.57. The quantitative estimate of drug-likeness (QED) is 0.780. The molecule has 0 aromatic carbocycles.